The monoisotopic (exact) mass is 412 g/mol. The second-order valence-corrected chi connectivity index (χ2v) is 7.38. The molecule has 0 aliphatic heterocycles. The van der Waals surface area contributed by atoms with Crippen LogP contribution in [0.2, 0.25) is 0 Å². The van der Waals surface area contributed by atoms with Gasteiger partial charge in [0, 0.05) is 6.42 Å². The summed E-state index contributed by atoms with van der Waals surface area (Å²) in [4.78, 5) is 26.2. The number of rotatable bonds is 7. The zero-order valence-corrected chi connectivity index (χ0v) is 17.5. The molecule has 0 unspecified atom stereocenters. The number of nitriles is 1. The molecule has 3 aromatic rings. The Hall–Kier alpha value is -3.91. The molecule has 0 bridgehead atoms. The molecule has 5 nitrogen and oxygen atoms in total. The van der Waals surface area contributed by atoms with Gasteiger partial charge in [0.2, 0.25) is 5.91 Å². The third-order valence-corrected chi connectivity index (χ3v) is 5.51. The van der Waals surface area contributed by atoms with Crippen molar-refractivity contribution in [1.82, 2.24) is 5.32 Å². The van der Waals surface area contributed by atoms with E-state index in [2.05, 4.69) is 11.4 Å². The zero-order chi connectivity index (χ0) is 22.3. The molecule has 0 aliphatic rings. The maximum atomic E-state index is 13.7. The molecule has 156 valence electrons. The minimum atomic E-state index is -1.02. The number of hydrogen-bond donors (Lipinski definition) is 1. The summed E-state index contributed by atoms with van der Waals surface area (Å²) in [6.45, 7) is 1.84. The van der Waals surface area contributed by atoms with Crippen LogP contribution in [0, 0.1) is 11.3 Å². The summed E-state index contributed by atoms with van der Waals surface area (Å²) in [6, 6.07) is 27.1. The molecule has 0 spiro atoms. The molecule has 0 aliphatic carbocycles. The molecule has 0 radical (unpaired) electrons. The lowest BCUT2D eigenvalue weighted by atomic mass is 9.75. The molecular formula is C26H24N2O3. The highest BCUT2D eigenvalue weighted by molar-refractivity contribution is 5.94. The minimum absolute atomic E-state index is 0.155. The Morgan fingerprint density at radius 3 is 1.97 bits per heavy atom. The van der Waals surface area contributed by atoms with Crippen molar-refractivity contribution in [1.29, 1.82) is 5.26 Å². The lowest BCUT2D eigenvalue weighted by Crippen LogP contribution is -2.51. The summed E-state index contributed by atoms with van der Waals surface area (Å²) in [5.74, 6) is -0.890. The first kappa shape index (κ1) is 21.8. The summed E-state index contributed by atoms with van der Waals surface area (Å²) in [7, 11) is 1.28. The number of esters is 1. The molecule has 5 heteroatoms. The van der Waals surface area contributed by atoms with Crippen LogP contribution in [-0.2, 0) is 26.2 Å². The van der Waals surface area contributed by atoms with Gasteiger partial charge in [0.25, 0.3) is 0 Å². The van der Waals surface area contributed by atoms with Gasteiger partial charge < -0.3 is 10.1 Å². The van der Waals surface area contributed by atoms with E-state index in [9.17, 15) is 14.9 Å². The van der Waals surface area contributed by atoms with Gasteiger partial charge in [-0.25, -0.2) is 4.79 Å². The smallest absolute Gasteiger partial charge is 0.328 e. The molecule has 0 saturated carbocycles. The number of nitrogens with zero attached hydrogens (tertiary/aromatic N) is 1. The Balaban J connectivity index is 1.98. The van der Waals surface area contributed by atoms with Gasteiger partial charge in [-0.2, -0.15) is 5.26 Å². The van der Waals surface area contributed by atoms with Crippen molar-refractivity contribution in [2.45, 2.75) is 24.8 Å². The van der Waals surface area contributed by atoms with Gasteiger partial charge in [-0.3, -0.25) is 4.79 Å². The molecule has 1 amide bonds. The maximum absolute atomic E-state index is 13.7. The van der Waals surface area contributed by atoms with E-state index in [1.165, 1.54) is 7.11 Å². The average Bonchev–Trinajstić information content (AvgIpc) is 2.83. The van der Waals surface area contributed by atoms with E-state index in [1.807, 2.05) is 67.6 Å². The molecule has 1 N–H and O–H groups in total. The Labute approximate surface area is 182 Å². The highest BCUT2D eigenvalue weighted by Crippen LogP contribution is 2.32. The van der Waals surface area contributed by atoms with Gasteiger partial charge in [-0.15, -0.1) is 0 Å². The molecule has 3 aromatic carbocycles. The van der Waals surface area contributed by atoms with Crippen molar-refractivity contribution < 1.29 is 14.3 Å². The Morgan fingerprint density at radius 1 is 0.935 bits per heavy atom. The fourth-order valence-electron chi connectivity index (χ4n) is 3.64. The lowest BCUT2D eigenvalue weighted by molar-refractivity contribution is -0.145. The van der Waals surface area contributed by atoms with Crippen LogP contribution in [0.1, 0.15) is 29.2 Å². The highest BCUT2D eigenvalue weighted by atomic mass is 16.5. The van der Waals surface area contributed by atoms with Crippen molar-refractivity contribution in [2.75, 3.05) is 7.11 Å². The number of carbonyl (C=O) groups is 2. The van der Waals surface area contributed by atoms with Crippen LogP contribution < -0.4 is 5.32 Å². The largest absolute Gasteiger partial charge is 0.467 e. The second-order valence-electron chi connectivity index (χ2n) is 7.38. The topological polar surface area (TPSA) is 79.2 Å². The molecule has 31 heavy (non-hydrogen) atoms. The van der Waals surface area contributed by atoms with Gasteiger partial charge in [-0.1, -0.05) is 78.9 Å². The van der Waals surface area contributed by atoms with Crippen LogP contribution in [0.5, 0.6) is 0 Å². The summed E-state index contributed by atoms with van der Waals surface area (Å²) < 4.78 is 4.95. The Morgan fingerprint density at radius 2 is 1.45 bits per heavy atom. The van der Waals surface area contributed by atoms with Gasteiger partial charge in [0.15, 0.2) is 0 Å². The van der Waals surface area contributed by atoms with Crippen molar-refractivity contribution in [3.8, 4) is 6.07 Å². The van der Waals surface area contributed by atoms with E-state index >= 15 is 0 Å². The number of ether oxygens (including phenoxy) is 1. The van der Waals surface area contributed by atoms with Crippen LogP contribution in [-0.4, -0.2) is 25.0 Å². The van der Waals surface area contributed by atoms with Crippen LogP contribution in [0.15, 0.2) is 84.9 Å². The van der Waals surface area contributed by atoms with Gasteiger partial charge in [-0.05, 0) is 29.7 Å². The number of carbonyl (C=O) groups excluding carboxylic acids is 2. The van der Waals surface area contributed by atoms with Gasteiger partial charge >= 0.3 is 5.97 Å². The van der Waals surface area contributed by atoms with Crippen LogP contribution in [0.4, 0.5) is 0 Å². The van der Waals surface area contributed by atoms with Crippen LogP contribution in [0.3, 0.4) is 0 Å². The molecule has 1 atom stereocenters. The van der Waals surface area contributed by atoms with Gasteiger partial charge in [0.05, 0.1) is 24.2 Å². The zero-order valence-electron chi connectivity index (χ0n) is 17.5. The van der Waals surface area contributed by atoms with E-state index in [1.54, 1.807) is 24.3 Å². The first-order valence-electron chi connectivity index (χ1n) is 9.98. The third-order valence-electron chi connectivity index (χ3n) is 5.51. The van der Waals surface area contributed by atoms with E-state index in [0.717, 1.165) is 11.1 Å². The average molecular weight is 412 g/mol. The summed E-state index contributed by atoms with van der Waals surface area (Å²) in [6.07, 6.45) is 0.155. The predicted octanol–water partition coefficient (Wildman–Crippen LogP) is 3.76. The molecular weight excluding hydrogens is 388 g/mol. The standard InChI is InChI=1S/C26H24N2O3/c1-26(21-13-5-3-6-14-21,22-15-7-4-8-16-22)25(30)28-23(24(29)31-2)17-19-11-9-10-12-20(19)18-27/h3-16,23H,17H2,1-2H3,(H,28,30)/t23-/m1/s1. The first-order valence-corrected chi connectivity index (χ1v) is 9.98. The normalized spacial score (nSPS) is 11.8. The SMILES string of the molecule is COC(=O)[C@@H](Cc1ccccc1C#N)NC(=O)C(C)(c1ccccc1)c1ccccc1. The molecule has 0 heterocycles. The van der Waals surface area contributed by atoms with Gasteiger partial charge in [0.1, 0.15) is 6.04 Å². The van der Waals surface area contributed by atoms with E-state index in [0.29, 0.717) is 11.1 Å². The van der Waals surface area contributed by atoms with Crippen molar-refractivity contribution >= 4 is 11.9 Å². The summed E-state index contributed by atoms with van der Waals surface area (Å²) in [5.41, 5.74) is 1.71. The van der Waals surface area contributed by atoms with Crippen LogP contribution >= 0.6 is 0 Å². The molecule has 0 fully saturated rings. The predicted molar refractivity (Wildman–Crippen MR) is 118 cm³/mol. The van der Waals surface area contributed by atoms with Crippen molar-refractivity contribution in [3.63, 3.8) is 0 Å². The molecule has 3 rings (SSSR count). The number of amides is 1. The van der Waals surface area contributed by atoms with E-state index in [-0.39, 0.29) is 12.3 Å². The number of methoxy groups -OCH3 is 1. The number of hydrogen-bond acceptors (Lipinski definition) is 4. The minimum Gasteiger partial charge on any atom is -0.467 e. The van der Waals surface area contributed by atoms with Crippen LogP contribution in [0.25, 0.3) is 0 Å². The maximum Gasteiger partial charge on any atom is 0.328 e. The Kier molecular flexibility index (Phi) is 6.84. The fraction of sp³-hybridized carbons (Fsp3) is 0.192. The second kappa shape index (κ2) is 9.73. The third kappa shape index (κ3) is 4.65. The van der Waals surface area contributed by atoms with E-state index < -0.39 is 17.4 Å². The first-order chi connectivity index (χ1) is 15.0. The van der Waals surface area contributed by atoms with Crippen molar-refractivity contribution in [2.24, 2.45) is 0 Å². The fourth-order valence-corrected chi connectivity index (χ4v) is 3.64. The van der Waals surface area contributed by atoms with Crippen molar-refractivity contribution in [3.05, 3.63) is 107 Å². The molecule has 0 saturated heterocycles. The highest BCUT2D eigenvalue weighted by Gasteiger charge is 2.39. The summed E-state index contributed by atoms with van der Waals surface area (Å²) in [5, 5.41) is 12.3. The Bertz CT molecular complexity index is 1050. The molecule has 0 aromatic heterocycles. The van der Waals surface area contributed by atoms with E-state index in [4.69, 9.17) is 4.74 Å². The lowest BCUT2D eigenvalue weighted by Gasteiger charge is -2.31. The summed E-state index contributed by atoms with van der Waals surface area (Å²) >= 11 is 0. The number of benzene rings is 3. The number of nitrogens with one attached hydrogen (secondary N) is 1. The quantitative estimate of drug-likeness (QED) is 0.599.